The third kappa shape index (κ3) is 2.38. The Morgan fingerprint density at radius 1 is 1.15 bits per heavy atom. The summed E-state index contributed by atoms with van der Waals surface area (Å²) in [5, 5.41) is 0. The zero-order valence-corrected chi connectivity index (χ0v) is 9.15. The van der Waals surface area contributed by atoms with Gasteiger partial charge in [0.2, 0.25) is 9.05 Å². The van der Waals surface area contributed by atoms with Gasteiger partial charge in [-0.2, -0.15) is 0 Å². The summed E-state index contributed by atoms with van der Waals surface area (Å²) in [7, 11) is 1.94. The lowest BCUT2D eigenvalue weighted by Crippen LogP contribution is -2.36. The Labute approximate surface area is 84.1 Å². The van der Waals surface area contributed by atoms with Crippen LogP contribution in [0.25, 0.3) is 0 Å². The third-order valence-corrected chi connectivity index (χ3v) is 4.77. The van der Waals surface area contributed by atoms with Crippen LogP contribution in [-0.2, 0) is 9.05 Å². The Balaban J connectivity index is 1.72. The quantitative estimate of drug-likeness (QED) is 0.688. The van der Waals surface area contributed by atoms with Gasteiger partial charge in [-0.15, -0.1) is 0 Å². The second-order valence-electron chi connectivity index (χ2n) is 4.49. The van der Waals surface area contributed by atoms with Gasteiger partial charge < -0.3 is 0 Å². The summed E-state index contributed by atoms with van der Waals surface area (Å²) in [5.74, 6) is 2.28. The lowest BCUT2D eigenvalue weighted by molar-refractivity contribution is 0.0848. The maximum absolute atomic E-state index is 10.8. The molecular formula is C9H15ClO2S. The zero-order valence-electron chi connectivity index (χ0n) is 7.58. The summed E-state index contributed by atoms with van der Waals surface area (Å²) in [6, 6.07) is 0. The van der Waals surface area contributed by atoms with E-state index in [4.69, 9.17) is 10.7 Å². The molecule has 0 bridgehead atoms. The maximum Gasteiger partial charge on any atom is 0.232 e. The van der Waals surface area contributed by atoms with Gasteiger partial charge in [-0.25, -0.2) is 8.42 Å². The highest BCUT2D eigenvalue weighted by molar-refractivity contribution is 8.13. The first kappa shape index (κ1) is 9.78. The topological polar surface area (TPSA) is 34.1 Å². The molecule has 76 valence electrons. The lowest BCUT2D eigenvalue weighted by atomic mass is 9.63. The Kier molecular flexibility index (Phi) is 2.58. The summed E-state index contributed by atoms with van der Waals surface area (Å²) in [6.45, 7) is 0. The highest BCUT2D eigenvalue weighted by Gasteiger charge is 2.38. The molecule has 2 aliphatic carbocycles. The zero-order chi connectivity index (χ0) is 9.47. The van der Waals surface area contributed by atoms with Gasteiger partial charge in [0.15, 0.2) is 0 Å². The molecule has 0 aromatic carbocycles. The molecule has 2 fully saturated rings. The van der Waals surface area contributed by atoms with E-state index in [9.17, 15) is 8.42 Å². The van der Waals surface area contributed by atoms with Crippen LogP contribution in [0.2, 0.25) is 0 Å². The van der Waals surface area contributed by atoms with Gasteiger partial charge in [0, 0.05) is 10.7 Å². The van der Waals surface area contributed by atoms with E-state index in [1.165, 1.54) is 19.3 Å². The van der Waals surface area contributed by atoms with E-state index in [1.807, 2.05) is 0 Å². The predicted octanol–water partition coefficient (Wildman–Crippen LogP) is 2.38. The van der Waals surface area contributed by atoms with Crippen LogP contribution in [0.1, 0.15) is 32.1 Å². The van der Waals surface area contributed by atoms with Gasteiger partial charge in [0.1, 0.15) is 0 Å². The van der Waals surface area contributed by atoms with Crippen molar-refractivity contribution in [1.82, 2.24) is 0 Å². The highest BCUT2D eigenvalue weighted by atomic mass is 35.7. The number of hydrogen-bond donors (Lipinski definition) is 0. The van der Waals surface area contributed by atoms with Crippen LogP contribution in [0.3, 0.4) is 0 Å². The van der Waals surface area contributed by atoms with Crippen LogP contribution >= 0.6 is 10.7 Å². The summed E-state index contributed by atoms with van der Waals surface area (Å²) >= 11 is 0. The van der Waals surface area contributed by atoms with Crippen LogP contribution in [-0.4, -0.2) is 14.2 Å². The van der Waals surface area contributed by atoms with Gasteiger partial charge >= 0.3 is 0 Å². The molecule has 0 N–H and O–H groups in total. The first-order valence-electron chi connectivity index (χ1n) is 4.97. The number of hydrogen-bond acceptors (Lipinski definition) is 2. The standard InChI is InChI=1S/C9H15ClO2S/c10-13(11,12)6-7-4-9(5-7)8-2-1-3-8/h7-9H,1-6H2. The molecule has 0 heterocycles. The van der Waals surface area contributed by atoms with Crippen molar-refractivity contribution < 1.29 is 8.42 Å². The fourth-order valence-electron chi connectivity index (χ4n) is 2.50. The van der Waals surface area contributed by atoms with Crippen molar-refractivity contribution >= 4 is 19.7 Å². The first-order chi connectivity index (χ1) is 6.04. The second-order valence-corrected chi connectivity index (χ2v) is 7.32. The summed E-state index contributed by atoms with van der Waals surface area (Å²) in [6.07, 6.45) is 6.29. The molecule has 2 aliphatic rings. The van der Waals surface area contributed by atoms with E-state index in [0.29, 0.717) is 5.92 Å². The van der Waals surface area contributed by atoms with Gasteiger partial charge in [-0.05, 0) is 30.6 Å². The molecular weight excluding hydrogens is 208 g/mol. The molecule has 2 nitrogen and oxygen atoms in total. The second kappa shape index (κ2) is 3.43. The number of rotatable bonds is 3. The molecule has 4 heteroatoms. The van der Waals surface area contributed by atoms with Crippen LogP contribution in [0.4, 0.5) is 0 Å². The molecule has 0 atom stereocenters. The van der Waals surface area contributed by atoms with Gasteiger partial charge in [-0.3, -0.25) is 0 Å². The summed E-state index contributed by atoms with van der Waals surface area (Å²) in [5.41, 5.74) is 0. The Morgan fingerprint density at radius 3 is 2.15 bits per heavy atom. The van der Waals surface area contributed by atoms with Crippen LogP contribution in [0.15, 0.2) is 0 Å². The van der Waals surface area contributed by atoms with Gasteiger partial charge in [0.25, 0.3) is 0 Å². The van der Waals surface area contributed by atoms with Gasteiger partial charge in [-0.1, -0.05) is 19.3 Å². The Morgan fingerprint density at radius 2 is 1.77 bits per heavy atom. The van der Waals surface area contributed by atoms with E-state index in [1.54, 1.807) is 0 Å². The fraction of sp³-hybridized carbons (Fsp3) is 1.00. The molecule has 13 heavy (non-hydrogen) atoms. The highest BCUT2D eigenvalue weighted by Crippen LogP contribution is 2.47. The van der Waals surface area contributed by atoms with Crippen LogP contribution in [0.5, 0.6) is 0 Å². The normalized spacial score (nSPS) is 35.2. The Hall–Kier alpha value is 0.240. The molecule has 0 radical (unpaired) electrons. The average molecular weight is 223 g/mol. The monoisotopic (exact) mass is 222 g/mol. The van der Waals surface area contributed by atoms with Crippen molar-refractivity contribution in [1.29, 1.82) is 0 Å². The molecule has 0 spiro atoms. The predicted molar refractivity (Wildman–Crippen MR) is 53.2 cm³/mol. The molecule has 0 amide bonds. The molecule has 2 saturated carbocycles. The van der Waals surface area contributed by atoms with Crippen molar-refractivity contribution in [3.63, 3.8) is 0 Å². The molecule has 0 saturated heterocycles. The minimum Gasteiger partial charge on any atom is -0.212 e. The van der Waals surface area contributed by atoms with Crippen molar-refractivity contribution in [3.8, 4) is 0 Å². The molecule has 0 aliphatic heterocycles. The van der Waals surface area contributed by atoms with Crippen LogP contribution in [0, 0.1) is 17.8 Å². The first-order valence-corrected chi connectivity index (χ1v) is 7.45. The van der Waals surface area contributed by atoms with Crippen molar-refractivity contribution in [2.24, 2.45) is 17.8 Å². The minimum atomic E-state index is -3.25. The molecule has 0 aromatic rings. The summed E-state index contributed by atoms with van der Waals surface area (Å²) in [4.78, 5) is 0. The SMILES string of the molecule is O=S(=O)(Cl)CC1CC(C2CCC2)C1. The van der Waals surface area contributed by atoms with E-state index in [2.05, 4.69) is 0 Å². The Bertz CT molecular complexity index is 276. The third-order valence-electron chi connectivity index (χ3n) is 3.52. The van der Waals surface area contributed by atoms with Crippen LogP contribution < -0.4 is 0 Å². The summed E-state index contributed by atoms with van der Waals surface area (Å²) < 4.78 is 21.5. The number of halogens is 1. The van der Waals surface area contributed by atoms with E-state index in [0.717, 1.165) is 24.7 Å². The molecule has 0 unspecified atom stereocenters. The lowest BCUT2D eigenvalue weighted by Gasteiger charge is -2.44. The van der Waals surface area contributed by atoms with E-state index in [-0.39, 0.29) is 5.75 Å². The average Bonchev–Trinajstić information content (AvgIpc) is 1.75. The van der Waals surface area contributed by atoms with Crippen molar-refractivity contribution in [2.75, 3.05) is 5.75 Å². The largest absolute Gasteiger partial charge is 0.232 e. The van der Waals surface area contributed by atoms with E-state index < -0.39 is 9.05 Å². The molecule has 2 rings (SSSR count). The van der Waals surface area contributed by atoms with Gasteiger partial charge in [0.05, 0.1) is 5.75 Å². The minimum absolute atomic E-state index is 0.192. The van der Waals surface area contributed by atoms with Crippen molar-refractivity contribution in [2.45, 2.75) is 32.1 Å². The van der Waals surface area contributed by atoms with E-state index >= 15 is 0 Å². The smallest absolute Gasteiger partial charge is 0.212 e. The maximum atomic E-state index is 10.8. The fourth-order valence-corrected chi connectivity index (χ4v) is 3.87. The van der Waals surface area contributed by atoms with Crippen molar-refractivity contribution in [3.05, 3.63) is 0 Å². The molecule has 0 aromatic heterocycles.